The van der Waals surface area contributed by atoms with Crippen LogP contribution in [-0.4, -0.2) is 37.4 Å². The molecule has 1 aromatic rings. The summed E-state index contributed by atoms with van der Waals surface area (Å²) in [4.78, 5) is 13.4. The zero-order valence-corrected chi connectivity index (χ0v) is 12.2. The quantitative estimate of drug-likeness (QED) is 0.783. The Morgan fingerprint density at radius 1 is 1.39 bits per heavy atom. The highest BCUT2D eigenvalue weighted by molar-refractivity contribution is 9.10. The predicted octanol–water partition coefficient (Wildman–Crippen LogP) is 3.04. The van der Waals surface area contributed by atoms with Gasteiger partial charge in [0, 0.05) is 11.0 Å². The van der Waals surface area contributed by atoms with Crippen LogP contribution in [0.3, 0.4) is 0 Å². The number of aryl methyl sites for hydroxylation is 1. The summed E-state index contributed by atoms with van der Waals surface area (Å²) in [6.45, 7) is 5.88. The van der Waals surface area contributed by atoms with Crippen molar-refractivity contribution in [3.8, 4) is 5.75 Å². The molecule has 1 aliphatic heterocycles. The third-order valence-electron chi connectivity index (χ3n) is 3.25. The van der Waals surface area contributed by atoms with Gasteiger partial charge < -0.3 is 4.74 Å². The Balaban J connectivity index is 1.97. The molecule has 1 aromatic carbocycles. The highest BCUT2D eigenvalue weighted by Crippen LogP contribution is 2.26. The first-order valence-corrected chi connectivity index (χ1v) is 7.10. The fourth-order valence-corrected chi connectivity index (χ4v) is 2.91. The second-order valence-electron chi connectivity index (χ2n) is 4.66. The lowest BCUT2D eigenvalue weighted by molar-refractivity contribution is 0.111. The molecule has 1 fully saturated rings. The first-order chi connectivity index (χ1) is 8.70. The Morgan fingerprint density at radius 2 is 2.11 bits per heavy atom. The summed E-state index contributed by atoms with van der Waals surface area (Å²) in [7, 11) is 0. The monoisotopic (exact) mass is 311 g/mol. The Kier molecular flexibility index (Phi) is 4.78. The van der Waals surface area contributed by atoms with E-state index in [0.717, 1.165) is 22.9 Å². The third-order valence-corrected chi connectivity index (χ3v) is 3.71. The molecule has 98 valence electrons. The van der Waals surface area contributed by atoms with E-state index in [4.69, 9.17) is 4.74 Å². The van der Waals surface area contributed by atoms with Crippen LogP contribution in [0.15, 0.2) is 16.6 Å². The molecule has 0 spiro atoms. The van der Waals surface area contributed by atoms with Crippen LogP contribution in [0.2, 0.25) is 0 Å². The normalized spacial score (nSPS) is 15.9. The number of hydrogen-bond donors (Lipinski definition) is 0. The number of halogens is 1. The lowest BCUT2D eigenvalue weighted by Gasteiger charge is -2.17. The summed E-state index contributed by atoms with van der Waals surface area (Å²) >= 11 is 3.39. The van der Waals surface area contributed by atoms with Gasteiger partial charge >= 0.3 is 0 Å². The van der Waals surface area contributed by atoms with Crippen molar-refractivity contribution in [2.45, 2.75) is 19.8 Å². The van der Waals surface area contributed by atoms with E-state index >= 15 is 0 Å². The summed E-state index contributed by atoms with van der Waals surface area (Å²) in [5.41, 5.74) is 1.61. The Morgan fingerprint density at radius 3 is 2.78 bits per heavy atom. The molecule has 4 heteroatoms. The minimum atomic E-state index is 0.614. The maximum Gasteiger partial charge on any atom is 0.153 e. The molecule has 0 saturated carbocycles. The van der Waals surface area contributed by atoms with Crippen LogP contribution in [-0.2, 0) is 0 Å². The summed E-state index contributed by atoms with van der Waals surface area (Å²) < 4.78 is 6.69. The van der Waals surface area contributed by atoms with Gasteiger partial charge in [0.25, 0.3) is 0 Å². The zero-order chi connectivity index (χ0) is 13.0. The SMILES string of the molecule is Cc1cc(Br)cc(C=O)c1OCCN1CCCC1. The van der Waals surface area contributed by atoms with E-state index in [1.165, 1.54) is 25.9 Å². The number of rotatable bonds is 5. The predicted molar refractivity (Wildman–Crippen MR) is 75.4 cm³/mol. The van der Waals surface area contributed by atoms with Crippen LogP contribution in [0.25, 0.3) is 0 Å². The van der Waals surface area contributed by atoms with E-state index < -0.39 is 0 Å². The van der Waals surface area contributed by atoms with Crippen molar-refractivity contribution < 1.29 is 9.53 Å². The lowest BCUT2D eigenvalue weighted by atomic mass is 10.1. The van der Waals surface area contributed by atoms with Gasteiger partial charge in [0.15, 0.2) is 6.29 Å². The van der Waals surface area contributed by atoms with Crippen LogP contribution in [0.4, 0.5) is 0 Å². The van der Waals surface area contributed by atoms with E-state index in [2.05, 4.69) is 20.8 Å². The molecule has 2 rings (SSSR count). The van der Waals surface area contributed by atoms with Crippen LogP contribution >= 0.6 is 15.9 Å². The number of aldehydes is 1. The maximum absolute atomic E-state index is 11.0. The van der Waals surface area contributed by atoms with Gasteiger partial charge in [-0.25, -0.2) is 0 Å². The number of carbonyl (C=O) groups excluding carboxylic acids is 1. The number of nitrogens with zero attached hydrogens (tertiary/aromatic N) is 1. The molecule has 0 unspecified atom stereocenters. The molecule has 0 amide bonds. The number of ether oxygens (including phenoxy) is 1. The van der Waals surface area contributed by atoms with Crippen LogP contribution in [0.5, 0.6) is 5.75 Å². The molecular formula is C14H18BrNO2. The third kappa shape index (κ3) is 3.33. The van der Waals surface area contributed by atoms with Crippen LogP contribution in [0, 0.1) is 6.92 Å². The van der Waals surface area contributed by atoms with Gasteiger partial charge in [0.05, 0.1) is 5.56 Å². The highest BCUT2D eigenvalue weighted by atomic mass is 79.9. The Bertz CT molecular complexity index is 428. The van der Waals surface area contributed by atoms with Gasteiger partial charge in [-0.15, -0.1) is 0 Å². The number of hydrogen-bond acceptors (Lipinski definition) is 3. The van der Waals surface area contributed by atoms with Crippen molar-refractivity contribution in [1.82, 2.24) is 4.90 Å². The molecule has 1 heterocycles. The minimum absolute atomic E-state index is 0.614. The summed E-state index contributed by atoms with van der Waals surface area (Å²) in [5.74, 6) is 0.715. The smallest absolute Gasteiger partial charge is 0.153 e. The van der Waals surface area contributed by atoms with Crippen molar-refractivity contribution in [3.63, 3.8) is 0 Å². The number of carbonyl (C=O) groups is 1. The van der Waals surface area contributed by atoms with Gasteiger partial charge in [0.2, 0.25) is 0 Å². The lowest BCUT2D eigenvalue weighted by Crippen LogP contribution is -2.25. The highest BCUT2D eigenvalue weighted by Gasteiger charge is 2.12. The van der Waals surface area contributed by atoms with E-state index in [9.17, 15) is 4.79 Å². The number of likely N-dealkylation sites (tertiary alicyclic amines) is 1. The Hall–Kier alpha value is -0.870. The molecule has 3 nitrogen and oxygen atoms in total. The number of benzene rings is 1. The maximum atomic E-state index is 11.0. The Labute approximate surface area is 116 Å². The van der Waals surface area contributed by atoms with E-state index in [1.54, 1.807) is 6.07 Å². The van der Waals surface area contributed by atoms with Gasteiger partial charge in [-0.2, -0.15) is 0 Å². The van der Waals surface area contributed by atoms with Gasteiger partial charge in [-0.1, -0.05) is 15.9 Å². The molecule has 0 N–H and O–H groups in total. The molecule has 1 saturated heterocycles. The summed E-state index contributed by atoms with van der Waals surface area (Å²) in [6, 6.07) is 3.77. The second-order valence-corrected chi connectivity index (χ2v) is 5.57. The average Bonchev–Trinajstić information content (AvgIpc) is 2.84. The second kappa shape index (κ2) is 6.34. The fraction of sp³-hybridized carbons (Fsp3) is 0.500. The molecule has 0 aromatic heterocycles. The largest absolute Gasteiger partial charge is 0.491 e. The molecule has 0 aliphatic carbocycles. The van der Waals surface area contributed by atoms with Gasteiger partial charge in [-0.05, 0) is 50.6 Å². The standard InChI is InChI=1S/C14H18BrNO2/c1-11-8-13(15)9-12(10-17)14(11)18-7-6-16-4-2-3-5-16/h8-10H,2-7H2,1H3. The van der Waals surface area contributed by atoms with Gasteiger partial charge in [-0.3, -0.25) is 9.69 Å². The van der Waals surface area contributed by atoms with E-state index in [-0.39, 0.29) is 0 Å². The molecule has 0 radical (unpaired) electrons. The fourth-order valence-electron chi connectivity index (χ4n) is 2.32. The first-order valence-electron chi connectivity index (χ1n) is 6.31. The molecule has 0 bridgehead atoms. The van der Waals surface area contributed by atoms with Crippen molar-refractivity contribution >= 4 is 22.2 Å². The average molecular weight is 312 g/mol. The van der Waals surface area contributed by atoms with Gasteiger partial charge in [0.1, 0.15) is 12.4 Å². The van der Waals surface area contributed by atoms with Crippen molar-refractivity contribution in [2.75, 3.05) is 26.2 Å². The zero-order valence-electron chi connectivity index (χ0n) is 10.6. The first kappa shape index (κ1) is 13.6. The topological polar surface area (TPSA) is 29.5 Å². The summed E-state index contributed by atoms with van der Waals surface area (Å²) in [6.07, 6.45) is 3.43. The summed E-state index contributed by atoms with van der Waals surface area (Å²) in [5, 5.41) is 0. The van der Waals surface area contributed by atoms with Crippen LogP contribution < -0.4 is 4.74 Å². The van der Waals surface area contributed by atoms with Crippen molar-refractivity contribution in [2.24, 2.45) is 0 Å². The van der Waals surface area contributed by atoms with E-state index in [1.807, 2.05) is 13.0 Å². The van der Waals surface area contributed by atoms with Crippen molar-refractivity contribution in [1.29, 1.82) is 0 Å². The molecule has 0 atom stereocenters. The molecule has 1 aliphatic rings. The molecule has 18 heavy (non-hydrogen) atoms. The van der Waals surface area contributed by atoms with Crippen molar-refractivity contribution in [3.05, 3.63) is 27.7 Å². The van der Waals surface area contributed by atoms with Crippen LogP contribution in [0.1, 0.15) is 28.8 Å². The van der Waals surface area contributed by atoms with E-state index in [0.29, 0.717) is 17.9 Å². The molecular weight excluding hydrogens is 294 g/mol. The minimum Gasteiger partial charge on any atom is -0.491 e.